The molecular formula is C23H26F2N4O2S. The van der Waals surface area contributed by atoms with Gasteiger partial charge in [-0.2, -0.15) is 0 Å². The molecule has 0 atom stereocenters. The zero-order valence-electron chi connectivity index (χ0n) is 17.8. The molecule has 0 unspecified atom stereocenters. The van der Waals surface area contributed by atoms with Crippen molar-refractivity contribution in [3.8, 4) is 0 Å². The van der Waals surface area contributed by atoms with Gasteiger partial charge in [-0.15, -0.1) is 0 Å². The molecule has 4 rings (SSSR count). The Morgan fingerprint density at radius 3 is 2.75 bits per heavy atom. The van der Waals surface area contributed by atoms with E-state index in [2.05, 4.69) is 10.6 Å². The van der Waals surface area contributed by atoms with Gasteiger partial charge in [0.15, 0.2) is 9.84 Å². The third-order valence-corrected chi connectivity index (χ3v) is 7.28. The van der Waals surface area contributed by atoms with E-state index in [1.807, 2.05) is 48.2 Å². The highest BCUT2D eigenvalue weighted by atomic mass is 32.2. The van der Waals surface area contributed by atoms with Gasteiger partial charge in [0.2, 0.25) is 0 Å². The number of alkyl halides is 2. The van der Waals surface area contributed by atoms with Crippen LogP contribution in [-0.2, 0) is 16.4 Å². The number of rotatable bonds is 7. The van der Waals surface area contributed by atoms with Crippen LogP contribution in [0.25, 0.3) is 10.9 Å². The molecule has 1 aliphatic heterocycles. The van der Waals surface area contributed by atoms with Crippen LogP contribution in [0.3, 0.4) is 0 Å². The molecule has 0 spiro atoms. The second-order valence-corrected chi connectivity index (χ2v) is 10.00. The average Bonchev–Trinajstić information content (AvgIpc) is 2.89. The lowest BCUT2D eigenvalue weighted by molar-refractivity contribution is 0.146. The molecule has 1 aromatic heterocycles. The predicted molar refractivity (Wildman–Crippen MR) is 123 cm³/mol. The minimum Gasteiger partial charge on any atom is -0.383 e. The van der Waals surface area contributed by atoms with Crippen LogP contribution in [0.5, 0.6) is 0 Å². The molecule has 0 bridgehead atoms. The van der Waals surface area contributed by atoms with Crippen molar-refractivity contribution in [1.82, 2.24) is 10.3 Å². The molecule has 0 amide bonds. The number of nitrogens with zero attached hydrogens (tertiary/aromatic N) is 2. The van der Waals surface area contributed by atoms with Crippen LogP contribution in [0, 0.1) is 6.92 Å². The van der Waals surface area contributed by atoms with E-state index in [1.54, 1.807) is 12.1 Å². The number of anilines is 2. The lowest BCUT2D eigenvalue weighted by Gasteiger charge is -2.23. The van der Waals surface area contributed by atoms with E-state index in [9.17, 15) is 17.2 Å². The molecule has 9 heteroatoms. The summed E-state index contributed by atoms with van der Waals surface area (Å²) in [5.74, 6) is 0.689. The summed E-state index contributed by atoms with van der Waals surface area (Å²) < 4.78 is 50.1. The summed E-state index contributed by atoms with van der Waals surface area (Å²) in [6, 6.07) is 14.9. The fourth-order valence-corrected chi connectivity index (χ4v) is 5.39. The summed E-state index contributed by atoms with van der Waals surface area (Å²) in [5, 5.41) is 6.98. The SMILES string of the molecule is Cc1ccc2nc(N3CCS(=O)(=O)c4ccccc4C3)cc(NCCNCC(F)F)c2c1. The minimum absolute atomic E-state index is 0.0118. The van der Waals surface area contributed by atoms with E-state index in [0.717, 1.165) is 27.7 Å². The van der Waals surface area contributed by atoms with Gasteiger partial charge in [0.1, 0.15) is 5.82 Å². The van der Waals surface area contributed by atoms with Crippen molar-refractivity contribution >= 4 is 32.2 Å². The maximum atomic E-state index is 12.7. The number of pyridine rings is 1. The maximum absolute atomic E-state index is 12.7. The zero-order valence-corrected chi connectivity index (χ0v) is 18.6. The predicted octanol–water partition coefficient (Wildman–Crippen LogP) is 3.60. The highest BCUT2D eigenvalue weighted by molar-refractivity contribution is 7.91. The van der Waals surface area contributed by atoms with Crippen molar-refractivity contribution in [2.45, 2.75) is 24.8 Å². The Hall–Kier alpha value is -2.78. The van der Waals surface area contributed by atoms with Crippen LogP contribution in [0.1, 0.15) is 11.1 Å². The van der Waals surface area contributed by atoms with Crippen LogP contribution in [0.2, 0.25) is 0 Å². The van der Waals surface area contributed by atoms with Gasteiger partial charge >= 0.3 is 0 Å². The summed E-state index contributed by atoms with van der Waals surface area (Å²) in [5.41, 5.74) is 3.46. The molecule has 0 radical (unpaired) electrons. The standard InChI is InChI=1S/C23H26F2N4O2S/c1-16-6-7-19-18(12-16)20(27-9-8-26-14-22(24)25)13-23(28-19)29-10-11-32(30,31)21-5-3-2-4-17(21)15-29/h2-7,12-13,22,26H,8-11,14-15H2,1H3,(H,27,28). The largest absolute Gasteiger partial charge is 0.383 e. The average molecular weight is 461 g/mol. The van der Waals surface area contributed by atoms with Crippen molar-refractivity contribution in [2.24, 2.45) is 0 Å². The summed E-state index contributed by atoms with van der Waals surface area (Å²) in [7, 11) is -3.36. The maximum Gasteiger partial charge on any atom is 0.250 e. The van der Waals surface area contributed by atoms with E-state index >= 15 is 0 Å². The van der Waals surface area contributed by atoms with Gasteiger partial charge in [0.25, 0.3) is 6.43 Å². The number of fused-ring (bicyclic) bond motifs is 2. The molecule has 170 valence electrons. The highest BCUT2D eigenvalue weighted by Gasteiger charge is 2.26. The molecule has 2 heterocycles. The van der Waals surface area contributed by atoms with E-state index in [4.69, 9.17) is 4.98 Å². The Kier molecular flexibility index (Phi) is 6.57. The van der Waals surface area contributed by atoms with Crippen LogP contribution < -0.4 is 15.5 Å². The topological polar surface area (TPSA) is 74.3 Å². The summed E-state index contributed by atoms with van der Waals surface area (Å²) in [4.78, 5) is 7.16. The van der Waals surface area contributed by atoms with Gasteiger partial charge in [0, 0.05) is 43.3 Å². The second-order valence-electron chi connectivity index (χ2n) is 7.92. The third-order valence-electron chi connectivity index (χ3n) is 5.49. The van der Waals surface area contributed by atoms with Gasteiger partial charge in [-0.05, 0) is 30.7 Å². The van der Waals surface area contributed by atoms with Gasteiger partial charge in [0.05, 0.1) is 22.7 Å². The number of halogens is 2. The molecule has 2 N–H and O–H groups in total. The van der Waals surface area contributed by atoms with Gasteiger partial charge in [-0.25, -0.2) is 22.2 Å². The zero-order chi connectivity index (χ0) is 22.7. The fourth-order valence-electron chi connectivity index (χ4n) is 3.89. The van der Waals surface area contributed by atoms with Crippen molar-refractivity contribution in [1.29, 1.82) is 0 Å². The summed E-state index contributed by atoms with van der Waals surface area (Å²) in [6.07, 6.45) is -2.38. The first-order valence-electron chi connectivity index (χ1n) is 10.5. The first-order chi connectivity index (χ1) is 15.3. The van der Waals surface area contributed by atoms with Crippen molar-refractivity contribution < 1.29 is 17.2 Å². The Balaban J connectivity index is 1.65. The number of sulfone groups is 1. The monoisotopic (exact) mass is 460 g/mol. The molecule has 0 aliphatic carbocycles. The lowest BCUT2D eigenvalue weighted by Crippen LogP contribution is -2.28. The minimum atomic E-state index is -3.36. The number of hydrogen-bond acceptors (Lipinski definition) is 6. The van der Waals surface area contributed by atoms with Gasteiger partial charge in [-0.1, -0.05) is 29.8 Å². The van der Waals surface area contributed by atoms with Crippen LogP contribution in [0.15, 0.2) is 53.4 Å². The molecule has 32 heavy (non-hydrogen) atoms. The van der Waals surface area contributed by atoms with Crippen molar-refractivity contribution in [3.05, 3.63) is 59.7 Å². The van der Waals surface area contributed by atoms with Crippen LogP contribution >= 0.6 is 0 Å². The number of benzene rings is 2. The Labute approximate surface area is 186 Å². The van der Waals surface area contributed by atoms with Crippen molar-refractivity contribution in [3.63, 3.8) is 0 Å². The van der Waals surface area contributed by atoms with E-state index in [-0.39, 0.29) is 12.3 Å². The van der Waals surface area contributed by atoms with E-state index in [1.165, 1.54) is 0 Å². The number of aryl methyl sites for hydroxylation is 1. The van der Waals surface area contributed by atoms with Crippen LogP contribution in [0.4, 0.5) is 20.3 Å². The molecular weight excluding hydrogens is 434 g/mol. The van der Waals surface area contributed by atoms with Gasteiger partial charge in [-0.3, -0.25) is 0 Å². The third kappa shape index (κ3) is 4.99. The Morgan fingerprint density at radius 1 is 1.12 bits per heavy atom. The van der Waals surface area contributed by atoms with E-state index < -0.39 is 16.3 Å². The number of aromatic nitrogens is 1. The quantitative estimate of drug-likeness (QED) is 0.525. The first-order valence-corrected chi connectivity index (χ1v) is 12.2. The smallest absolute Gasteiger partial charge is 0.250 e. The number of nitrogens with one attached hydrogen (secondary N) is 2. The molecule has 0 saturated heterocycles. The Bertz CT molecular complexity index is 1220. The molecule has 0 fully saturated rings. The molecule has 1 aliphatic rings. The van der Waals surface area contributed by atoms with Crippen LogP contribution in [-0.4, -0.2) is 51.8 Å². The number of hydrogen-bond donors (Lipinski definition) is 2. The second kappa shape index (κ2) is 9.38. The summed E-state index contributed by atoms with van der Waals surface area (Å²) >= 11 is 0. The normalized spacial score (nSPS) is 15.6. The Morgan fingerprint density at radius 2 is 1.94 bits per heavy atom. The van der Waals surface area contributed by atoms with Gasteiger partial charge < -0.3 is 15.5 Å². The van der Waals surface area contributed by atoms with Crippen molar-refractivity contribution in [2.75, 3.05) is 42.1 Å². The molecule has 0 saturated carbocycles. The van der Waals surface area contributed by atoms with E-state index in [0.29, 0.717) is 36.9 Å². The first kappa shape index (κ1) is 22.4. The molecule has 6 nitrogen and oxygen atoms in total. The lowest BCUT2D eigenvalue weighted by atomic mass is 10.1. The summed E-state index contributed by atoms with van der Waals surface area (Å²) in [6.45, 7) is 3.29. The fraction of sp³-hybridized carbons (Fsp3) is 0.348. The highest BCUT2D eigenvalue weighted by Crippen LogP contribution is 2.31. The molecule has 2 aromatic carbocycles. The molecule has 3 aromatic rings.